The van der Waals surface area contributed by atoms with Crippen LogP contribution in [0.25, 0.3) is 5.70 Å². The number of hydrogen-bond acceptors (Lipinski definition) is 7. The highest BCUT2D eigenvalue weighted by Gasteiger charge is 2.40. The number of fused-ring (bicyclic) bond motifs is 5. The Kier molecular flexibility index (Phi) is 4.48. The maximum atomic E-state index is 10.4. The minimum Gasteiger partial charge on any atom is -0.493 e. The number of nitrogen functional groups attached to an aromatic ring is 1. The van der Waals surface area contributed by atoms with Crippen molar-refractivity contribution in [2.75, 3.05) is 31.4 Å². The first-order chi connectivity index (χ1) is 15.2. The third-order valence-corrected chi connectivity index (χ3v) is 5.97. The van der Waals surface area contributed by atoms with Crippen LogP contribution in [0.5, 0.6) is 11.5 Å². The van der Waals surface area contributed by atoms with Crippen molar-refractivity contribution in [1.29, 1.82) is 5.26 Å². The van der Waals surface area contributed by atoms with E-state index in [-0.39, 0.29) is 5.92 Å². The molecular weight excluding hydrogens is 390 g/mol. The van der Waals surface area contributed by atoms with E-state index in [1.54, 1.807) is 14.2 Å². The van der Waals surface area contributed by atoms with E-state index >= 15 is 0 Å². The zero-order valence-electron chi connectivity index (χ0n) is 17.3. The SMILES string of the molecule is COc1cc2c(cc1OC)C1=C(C#N)C(c3ccccc3)c3c(N)ncnc3N1CC2. The number of benzene rings is 2. The van der Waals surface area contributed by atoms with E-state index in [4.69, 9.17) is 15.2 Å². The summed E-state index contributed by atoms with van der Waals surface area (Å²) >= 11 is 0. The molecule has 7 nitrogen and oxygen atoms in total. The summed E-state index contributed by atoms with van der Waals surface area (Å²) in [6.07, 6.45) is 2.26. The molecule has 2 aliphatic rings. The summed E-state index contributed by atoms with van der Waals surface area (Å²) < 4.78 is 11.1. The van der Waals surface area contributed by atoms with E-state index in [1.807, 2.05) is 42.5 Å². The number of methoxy groups -OCH3 is 2. The summed E-state index contributed by atoms with van der Waals surface area (Å²) in [5.74, 6) is 2.08. The fourth-order valence-electron chi connectivity index (χ4n) is 4.61. The number of rotatable bonds is 3. The monoisotopic (exact) mass is 411 g/mol. The Morgan fingerprint density at radius 3 is 2.55 bits per heavy atom. The predicted molar refractivity (Wildman–Crippen MR) is 118 cm³/mol. The average molecular weight is 411 g/mol. The minimum atomic E-state index is -0.354. The molecule has 0 bridgehead atoms. The van der Waals surface area contributed by atoms with Gasteiger partial charge in [-0.25, -0.2) is 9.97 Å². The second-order valence-electron chi connectivity index (χ2n) is 7.48. The van der Waals surface area contributed by atoms with Gasteiger partial charge < -0.3 is 20.1 Å². The average Bonchev–Trinajstić information content (AvgIpc) is 2.82. The van der Waals surface area contributed by atoms with Crippen LogP contribution in [-0.2, 0) is 6.42 Å². The smallest absolute Gasteiger partial charge is 0.161 e. The summed E-state index contributed by atoms with van der Waals surface area (Å²) in [6.45, 7) is 0.675. The van der Waals surface area contributed by atoms with Crippen LogP contribution in [0.1, 0.15) is 28.2 Å². The molecular formula is C24H21N5O2. The molecule has 2 aromatic carbocycles. The highest BCUT2D eigenvalue weighted by atomic mass is 16.5. The Hall–Kier alpha value is -4.05. The molecule has 5 rings (SSSR count). The molecule has 3 heterocycles. The van der Waals surface area contributed by atoms with Crippen LogP contribution >= 0.6 is 0 Å². The number of nitriles is 1. The largest absolute Gasteiger partial charge is 0.493 e. The van der Waals surface area contributed by atoms with Crippen molar-refractivity contribution in [1.82, 2.24) is 9.97 Å². The molecule has 1 atom stereocenters. The Morgan fingerprint density at radius 1 is 1.10 bits per heavy atom. The van der Waals surface area contributed by atoms with Gasteiger partial charge in [0.1, 0.15) is 18.0 Å². The van der Waals surface area contributed by atoms with Gasteiger partial charge in [-0.05, 0) is 29.7 Å². The molecule has 2 N–H and O–H groups in total. The van der Waals surface area contributed by atoms with Gasteiger partial charge >= 0.3 is 0 Å². The van der Waals surface area contributed by atoms with Crippen molar-refractivity contribution < 1.29 is 9.47 Å². The molecule has 0 aliphatic carbocycles. The number of ether oxygens (including phenoxy) is 2. The number of anilines is 2. The second kappa shape index (κ2) is 7.33. The quantitative estimate of drug-likeness (QED) is 0.704. The van der Waals surface area contributed by atoms with Gasteiger partial charge in [-0.2, -0.15) is 5.26 Å². The fraction of sp³-hybridized carbons (Fsp3) is 0.208. The molecule has 7 heteroatoms. The normalized spacial score (nSPS) is 16.7. The van der Waals surface area contributed by atoms with Gasteiger partial charge in [0.15, 0.2) is 11.5 Å². The van der Waals surface area contributed by atoms with Crippen LogP contribution in [0.15, 0.2) is 54.4 Å². The molecule has 0 saturated heterocycles. The molecule has 1 aromatic heterocycles. The number of allylic oxidation sites excluding steroid dienone is 1. The van der Waals surface area contributed by atoms with E-state index in [9.17, 15) is 5.26 Å². The first kappa shape index (κ1) is 18.9. The van der Waals surface area contributed by atoms with E-state index in [0.29, 0.717) is 29.4 Å². The zero-order chi connectivity index (χ0) is 21.5. The fourth-order valence-corrected chi connectivity index (χ4v) is 4.61. The van der Waals surface area contributed by atoms with Gasteiger partial charge in [-0.1, -0.05) is 30.3 Å². The molecule has 3 aromatic rings. The van der Waals surface area contributed by atoms with Gasteiger partial charge in [0.2, 0.25) is 0 Å². The minimum absolute atomic E-state index is 0.354. The lowest BCUT2D eigenvalue weighted by atomic mass is 9.78. The summed E-state index contributed by atoms with van der Waals surface area (Å²) in [5, 5.41) is 10.4. The summed E-state index contributed by atoms with van der Waals surface area (Å²) in [4.78, 5) is 10.9. The maximum absolute atomic E-state index is 10.4. The highest BCUT2D eigenvalue weighted by Crippen LogP contribution is 2.51. The Labute approximate surface area is 180 Å². The third kappa shape index (κ3) is 2.80. The lowest BCUT2D eigenvalue weighted by Crippen LogP contribution is -2.36. The van der Waals surface area contributed by atoms with Crippen molar-refractivity contribution in [3.63, 3.8) is 0 Å². The molecule has 0 fully saturated rings. The molecule has 1 unspecified atom stereocenters. The topological polar surface area (TPSA) is 97.3 Å². The Bertz CT molecular complexity index is 1250. The van der Waals surface area contributed by atoms with Gasteiger partial charge in [0, 0.05) is 17.7 Å². The van der Waals surface area contributed by atoms with Crippen LogP contribution < -0.4 is 20.1 Å². The summed E-state index contributed by atoms with van der Waals surface area (Å²) in [5.41, 5.74) is 11.6. The number of aromatic nitrogens is 2. The number of nitrogens with two attached hydrogens (primary N) is 1. The maximum Gasteiger partial charge on any atom is 0.161 e. The van der Waals surface area contributed by atoms with E-state index in [1.165, 1.54) is 6.33 Å². The van der Waals surface area contributed by atoms with Crippen LogP contribution in [0.2, 0.25) is 0 Å². The van der Waals surface area contributed by atoms with Crippen LogP contribution in [0.4, 0.5) is 11.6 Å². The standard InChI is InChI=1S/C24H21N5O2/c1-30-18-10-15-8-9-29-22(16(15)11-19(18)31-2)17(12-25)20(14-6-4-3-5-7-14)21-23(26)27-13-28-24(21)29/h3-7,10-11,13,20H,8-9H2,1-2H3,(H2,26,27,28). The summed E-state index contributed by atoms with van der Waals surface area (Å²) in [7, 11) is 3.24. The Balaban J connectivity index is 1.84. The lowest BCUT2D eigenvalue weighted by Gasteiger charge is -2.40. The molecule has 0 radical (unpaired) electrons. The molecule has 0 amide bonds. The first-order valence-electron chi connectivity index (χ1n) is 10.00. The Morgan fingerprint density at radius 2 is 1.84 bits per heavy atom. The van der Waals surface area contributed by atoms with E-state index in [0.717, 1.165) is 40.2 Å². The number of hydrogen-bond donors (Lipinski definition) is 1. The van der Waals surface area contributed by atoms with Gasteiger partial charge in [-0.15, -0.1) is 0 Å². The van der Waals surface area contributed by atoms with Crippen LogP contribution in [-0.4, -0.2) is 30.7 Å². The van der Waals surface area contributed by atoms with Crippen LogP contribution in [0, 0.1) is 11.3 Å². The zero-order valence-corrected chi connectivity index (χ0v) is 17.3. The van der Waals surface area contributed by atoms with Crippen molar-refractivity contribution in [2.45, 2.75) is 12.3 Å². The van der Waals surface area contributed by atoms with E-state index in [2.05, 4.69) is 20.9 Å². The molecule has 2 aliphatic heterocycles. The van der Waals surface area contributed by atoms with Crippen LogP contribution in [0.3, 0.4) is 0 Å². The molecule has 154 valence electrons. The van der Waals surface area contributed by atoms with Gasteiger partial charge in [-0.3, -0.25) is 0 Å². The van der Waals surface area contributed by atoms with Crippen molar-refractivity contribution in [3.8, 4) is 17.6 Å². The lowest BCUT2D eigenvalue weighted by molar-refractivity contribution is 0.354. The highest BCUT2D eigenvalue weighted by molar-refractivity contribution is 5.92. The van der Waals surface area contributed by atoms with Gasteiger partial charge in [0.05, 0.1) is 37.5 Å². The number of nitrogens with zero attached hydrogens (tertiary/aromatic N) is 4. The third-order valence-electron chi connectivity index (χ3n) is 5.97. The van der Waals surface area contributed by atoms with Crippen molar-refractivity contribution >= 4 is 17.3 Å². The predicted octanol–water partition coefficient (Wildman–Crippen LogP) is 3.52. The van der Waals surface area contributed by atoms with Crippen molar-refractivity contribution in [2.24, 2.45) is 0 Å². The molecule has 31 heavy (non-hydrogen) atoms. The second-order valence-corrected chi connectivity index (χ2v) is 7.48. The molecule has 0 spiro atoms. The summed E-state index contributed by atoms with van der Waals surface area (Å²) in [6, 6.07) is 16.3. The van der Waals surface area contributed by atoms with E-state index < -0.39 is 0 Å². The first-order valence-corrected chi connectivity index (χ1v) is 10.00. The molecule has 0 saturated carbocycles. The van der Waals surface area contributed by atoms with Gasteiger partial charge in [0.25, 0.3) is 0 Å². The van der Waals surface area contributed by atoms with Crippen molar-refractivity contribution in [3.05, 3.63) is 76.6 Å².